The summed E-state index contributed by atoms with van der Waals surface area (Å²) in [6.07, 6.45) is 3.95. The molecule has 0 saturated heterocycles. The fourth-order valence-corrected chi connectivity index (χ4v) is 2.74. The van der Waals surface area contributed by atoms with Crippen LogP contribution in [0.25, 0.3) is 10.9 Å². The Labute approximate surface area is 171 Å². The summed E-state index contributed by atoms with van der Waals surface area (Å²) in [6.45, 7) is 7.89. The number of halogens is 1. The van der Waals surface area contributed by atoms with Crippen molar-refractivity contribution < 1.29 is 22.3 Å². The standard InChI is InChI=1S/C18H26ClN3O.H2O4S/c1-3-22(10-4-5-14(2)20)11-12-23-18-8-9-21-17-13-15(19)6-7-16(17)18;1-5(2,3)4/h6-9,13-14H,3-5,10-12,20H2,1-2H3;(H2,1,2,3,4). The van der Waals surface area contributed by atoms with Gasteiger partial charge in [0.25, 0.3) is 0 Å². The van der Waals surface area contributed by atoms with E-state index in [4.69, 9.17) is 39.6 Å². The Bertz CT molecular complexity index is 825. The topological polar surface area (TPSA) is 126 Å². The lowest BCUT2D eigenvalue weighted by Gasteiger charge is -2.21. The largest absolute Gasteiger partial charge is 0.491 e. The van der Waals surface area contributed by atoms with E-state index in [9.17, 15) is 0 Å². The number of fused-ring (bicyclic) bond motifs is 1. The maximum absolute atomic E-state index is 8.74. The molecule has 1 heterocycles. The third-order valence-corrected chi connectivity index (χ3v) is 4.15. The van der Waals surface area contributed by atoms with E-state index in [-0.39, 0.29) is 6.04 Å². The summed E-state index contributed by atoms with van der Waals surface area (Å²) in [4.78, 5) is 6.72. The van der Waals surface area contributed by atoms with Crippen LogP contribution in [0, 0.1) is 0 Å². The van der Waals surface area contributed by atoms with Crippen molar-refractivity contribution in [2.24, 2.45) is 5.73 Å². The van der Waals surface area contributed by atoms with Gasteiger partial charge in [0.1, 0.15) is 12.4 Å². The molecular formula is C18H28ClN3O5S. The number of nitrogens with zero attached hydrogens (tertiary/aromatic N) is 2. The highest BCUT2D eigenvalue weighted by atomic mass is 35.5. The van der Waals surface area contributed by atoms with Crippen molar-refractivity contribution in [3.8, 4) is 5.75 Å². The van der Waals surface area contributed by atoms with Crippen LogP contribution in [0.1, 0.15) is 26.7 Å². The zero-order valence-electron chi connectivity index (χ0n) is 16.1. The highest BCUT2D eigenvalue weighted by Crippen LogP contribution is 2.26. The van der Waals surface area contributed by atoms with Crippen molar-refractivity contribution in [2.75, 3.05) is 26.2 Å². The van der Waals surface area contributed by atoms with Crippen LogP contribution in [0.15, 0.2) is 30.5 Å². The Morgan fingerprint density at radius 1 is 1.29 bits per heavy atom. The minimum atomic E-state index is -4.67. The molecule has 0 amide bonds. The van der Waals surface area contributed by atoms with Gasteiger partial charge in [0.15, 0.2) is 0 Å². The monoisotopic (exact) mass is 433 g/mol. The molecule has 28 heavy (non-hydrogen) atoms. The van der Waals surface area contributed by atoms with Crippen LogP contribution in [0.5, 0.6) is 5.75 Å². The molecule has 4 N–H and O–H groups in total. The first-order chi connectivity index (χ1) is 13.1. The van der Waals surface area contributed by atoms with Crippen molar-refractivity contribution in [1.29, 1.82) is 0 Å². The molecule has 1 atom stereocenters. The normalized spacial score (nSPS) is 12.5. The molecule has 8 nitrogen and oxygen atoms in total. The maximum Gasteiger partial charge on any atom is 0.394 e. The fraction of sp³-hybridized carbons (Fsp3) is 0.500. The van der Waals surface area contributed by atoms with Crippen molar-refractivity contribution >= 4 is 32.9 Å². The molecule has 0 bridgehead atoms. The van der Waals surface area contributed by atoms with Gasteiger partial charge >= 0.3 is 10.4 Å². The molecule has 0 spiro atoms. The lowest BCUT2D eigenvalue weighted by molar-refractivity contribution is 0.213. The zero-order chi connectivity index (χ0) is 21.2. The van der Waals surface area contributed by atoms with Gasteiger partial charge in [-0.3, -0.25) is 14.1 Å². The zero-order valence-corrected chi connectivity index (χ0v) is 17.7. The average Bonchev–Trinajstić information content (AvgIpc) is 2.58. The van der Waals surface area contributed by atoms with Crippen LogP contribution in [0.4, 0.5) is 0 Å². The molecule has 0 aliphatic rings. The minimum absolute atomic E-state index is 0.278. The van der Waals surface area contributed by atoms with Gasteiger partial charge in [0.2, 0.25) is 0 Å². The van der Waals surface area contributed by atoms with Crippen LogP contribution >= 0.6 is 11.6 Å². The van der Waals surface area contributed by atoms with Gasteiger partial charge in [-0.1, -0.05) is 18.5 Å². The predicted octanol–water partition coefficient (Wildman–Crippen LogP) is 3.06. The first-order valence-corrected chi connectivity index (χ1v) is 10.7. The van der Waals surface area contributed by atoms with Gasteiger partial charge in [0.05, 0.1) is 5.52 Å². The smallest absolute Gasteiger partial charge is 0.394 e. The molecule has 1 aromatic carbocycles. The molecule has 2 aromatic rings. The summed E-state index contributed by atoms with van der Waals surface area (Å²) < 4.78 is 37.6. The molecule has 1 aromatic heterocycles. The Morgan fingerprint density at radius 2 is 1.96 bits per heavy atom. The fourth-order valence-electron chi connectivity index (χ4n) is 2.57. The van der Waals surface area contributed by atoms with E-state index < -0.39 is 10.4 Å². The van der Waals surface area contributed by atoms with Crippen LogP contribution in [-0.4, -0.2) is 59.7 Å². The lowest BCUT2D eigenvalue weighted by Crippen LogP contribution is -2.30. The lowest BCUT2D eigenvalue weighted by atomic mass is 10.2. The summed E-state index contributed by atoms with van der Waals surface area (Å²) >= 11 is 6.01. The number of likely N-dealkylation sites (N-methyl/N-ethyl adjacent to an activating group) is 1. The molecule has 1 unspecified atom stereocenters. The average molecular weight is 434 g/mol. The number of hydrogen-bond donors (Lipinski definition) is 3. The van der Waals surface area contributed by atoms with Gasteiger partial charge in [-0.2, -0.15) is 8.42 Å². The van der Waals surface area contributed by atoms with Gasteiger partial charge < -0.3 is 15.4 Å². The summed E-state index contributed by atoms with van der Waals surface area (Å²) in [5.74, 6) is 0.860. The van der Waals surface area contributed by atoms with Crippen molar-refractivity contribution in [3.63, 3.8) is 0 Å². The number of hydrogen-bond acceptors (Lipinski definition) is 6. The van der Waals surface area contributed by atoms with Crippen molar-refractivity contribution in [1.82, 2.24) is 9.88 Å². The van der Waals surface area contributed by atoms with Crippen LogP contribution < -0.4 is 10.5 Å². The van der Waals surface area contributed by atoms with Gasteiger partial charge in [-0.25, -0.2) is 0 Å². The second-order valence-electron chi connectivity index (χ2n) is 6.32. The molecule has 2 rings (SSSR count). The Kier molecular flexibility index (Phi) is 10.7. The van der Waals surface area contributed by atoms with Gasteiger partial charge in [-0.15, -0.1) is 0 Å². The molecule has 0 aliphatic carbocycles. The Balaban J connectivity index is 0.000000696. The third-order valence-electron chi connectivity index (χ3n) is 3.91. The number of pyridine rings is 1. The van der Waals surface area contributed by atoms with E-state index in [2.05, 4.69) is 23.7 Å². The molecule has 158 valence electrons. The Hall–Kier alpha value is -1.49. The Morgan fingerprint density at radius 3 is 2.57 bits per heavy atom. The summed E-state index contributed by atoms with van der Waals surface area (Å²) in [5, 5.41) is 1.69. The quantitative estimate of drug-likeness (QED) is 0.515. The van der Waals surface area contributed by atoms with Crippen LogP contribution in [0.3, 0.4) is 0 Å². The maximum atomic E-state index is 8.74. The number of benzene rings is 1. The van der Waals surface area contributed by atoms with Gasteiger partial charge in [0, 0.05) is 29.2 Å². The molecular weight excluding hydrogens is 406 g/mol. The van der Waals surface area contributed by atoms with Crippen LogP contribution in [0.2, 0.25) is 5.02 Å². The minimum Gasteiger partial charge on any atom is -0.491 e. The second kappa shape index (κ2) is 12.2. The highest BCUT2D eigenvalue weighted by Gasteiger charge is 2.06. The van der Waals surface area contributed by atoms with E-state index in [1.807, 2.05) is 24.3 Å². The van der Waals surface area contributed by atoms with Crippen LogP contribution in [-0.2, 0) is 10.4 Å². The molecule has 0 aliphatic heterocycles. The molecule has 0 fully saturated rings. The predicted molar refractivity (Wildman–Crippen MR) is 111 cm³/mol. The molecule has 10 heteroatoms. The van der Waals surface area contributed by atoms with E-state index in [0.29, 0.717) is 11.6 Å². The first kappa shape index (κ1) is 24.5. The van der Waals surface area contributed by atoms with Crippen molar-refractivity contribution in [3.05, 3.63) is 35.5 Å². The van der Waals surface area contributed by atoms with E-state index in [1.54, 1.807) is 6.20 Å². The third kappa shape index (κ3) is 10.7. The number of aromatic nitrogens is 1. The van der Waals surface area contributed by atoms with Gasteiger partial charge in [-0.05, 0) is 57.1 Å². The number of nitrogens with two attached hydrogens (primary N) is 1. The van der Waals surface area contributed by atoms with E-state index in [1.165, 1.54) is 0 Å². The second-order valence-corrected chi connectivity index (χ2v) is 7.65. The van der Waals surface area contributed by atoms with E-state index >= 15 is 0 Å². The summed E-state index contributed by atoms with van der Waals surface area (Å²) in [6, 6.07) is 7.86. The number of rotatable bonds is 9. The summed E-state index contributed by atoms with van der Waals surface area (Å²) in [7, 11) is -4.67. The summed E-state index contributed by atoms with van der Waals surface area (Å²) in [5.41, 5.74) is 6.66. The number of ether oxygens (including phenoxy) is 1. The molecule has 0 radical (unpaired) electrons. The molecule has 0 saturated carbocycles. The first-order valence-electron chi connectivity index (χ1n) is 8.95. The SMILES string of the molecule is CCN(CCCC(C)N)CCOc1ccnc2cc(Cl)ccc12.O=S(=O)(O)O. The van der Waals surface area contributed by atoms with Crippen molar-refractivity contribution in [2.45, 2.75) is 32.7 Å². The highest BCUT2D eigenvalue weighted by molar-refractivity contribution is 7.79. The van der Waals surface area contributed by atoms with E-state index in [0.717, 1.165) is 49.1 Å².